The lowest BCUT2D eigenvalue weighted by Gasteiger charge is -2.35. The number of hydrogen-bond donors (Lipinski definition) is 0. The van der Waals surface area contributed by atoms with Crippen molar-refractivity contribution >= 4 is 17.5 Å². The van der Waals surface area contributed by atoms with Crippen LogP contribution in [0.2, 0.25) is 5.02 Å². The Morgan fingerprint density at radius 1 is 1.15 bits per heavy atom. The molecule has 5 rings (SSSR count). The van der Waals surface area contributed by atoms with Crippen molar-refractivity contribution in [3.05, 3.63) is 71.0 Å². The average molecular weight is 478 g/mol. The zero-order valence-corrected chi connectivity index (χ0v) is 20.9. The summed E-state index contributed by atoms with van der Waals surface area (Å²) in [5, 5.41) is 0.693. The van der Waals surface area contributed by atoms with E-state index in [1.165, 1.54) is 0 Å². The summed E-state index contributed by atoms with van der Waals surface area (Å²) in [6.45, 7) is 7.09. The van der Waals surface area contributed by atoms with Crippen molar-refractivity contribution in [2.24, 2.45) is 0 Å². The standard InChI is InChI=1S/C28H32ClN3O2/c1-4-17-34-23-11-12-24-25(18-23)28(31-16-15-30-27(24)31,21-7-9-22(29)10-8-21)14-13-26(33)32-19(2)5-6-20(32)3/h7-12,15-16,18-20H,4-6,13-14,17H2,1-3H3. The van der Waals surface area contributed by atoms with E-state index in [4.69, 9.17) is 21.3 Å². The SMILES string of the molecule is CCCOc1ccc2c(c1)C(CCC(=O)N1C(C)CCC1C)(c1ccc(Cl)cc1)n1ccnc1-2. The monoisotopic (exact) mass is 477 g/mol. The number of fused-ring (bicyclic) bond motifs is 3. The molecule has 2 aliphatic heterocycles. The molecule has 3 unspecified atom stereocenters. The molecule has 3 atom stereocenters. The van der Waals surface area contributed by atoms with Crippen LogP contribution in [-0.2, 0) is 10.3 Å². The van der Waals surface area contributed by atoms with E-state index in [2.05, 4.69) is 54.5 Å². The van der Waals surface area contributed by atoms with E-state index in [0.29, 0.717) is 36.6 Å². The van der Waals surface area contributed by atoms with Gasteiger partial charge in [-0.05, 0) is 81.0 Å². The molecular formula is C28H32ClN3O2. The first-order valence-corrected chi connectivity index (χ1v) is 12.7. The second-order valence-electron chi connectivity index (χ2n) is 9.62. The zero-order valence-electron chi connectivity index (χ0n) is 20.1. The maximum absolute atomic E-state index is 13.5. The maximum atomic E-state index is 13.5. The summed E-state index contributed by atoms with van der Waals surface area (Å²) in [4.78, 5) is 20.3. The molecule has 1 saturated heterocycles. The lowest BCUT2D eigenvalue weighted by molar-refractivity contribution is -0.133. The van der Waals surface area contributed by atoms with E-state index in [1.807, 2.05) is 30.6 Å². The first kappa shape index (κ1) is 23.0. The number of ether oxygens (including phenoxy) is 1. The van der Waals surface area contributed by atoms with Crippen molar-refractivity contribution in [1.29, 1.82) is 0 Å². The molecule has 3 aromatic rings. The second kappa shape index (κ2) is 9.10. The summed E-state index contributed by atoms with van der Waals surface area (Å²) >= 11 is 6.27. The zero-order chi connectivity index (χ0) is 23.9. The first-order valence-electron chi connectivity index (χ1n) is 12.3. The predicted octanol–water partition coefficient (Wildman–Crippen LogP) is 6.28. The second-order valence-corrected chi connectivity index (χ2v) is 10.1. The largest absolute Gasteiger partial charge is 0.494 e. The number of carbonyl (C=O) groups excluding carboxylic acids is 1. The van der Waals surface area contributed by atoms with Crippen molar-refractivity contribution in [2.75, 3.05) is 6.61 Å². The van der Waals surface area contributed by atoms with E-state index in [-0.39, 0.29) is 5.91 Å². The number of nitrogens with zero attached hydrogens (tertiary/aromatic N) is 3. The highest BCUT2D eigenvalue weighted by Gasteiger charge is 2.46. The van der Waals surface area contributed by atoms with Crippen molar-refractivity contribution in [3.8, 4) is 17.1 Å². The first-order chi connectivity index (χ1) is 16.5. The van der Waals surface area contributed by atoms with E-state index in [0.717, 1.165) is 47.5 Å². The number of carbonyl (C=O) groups is 1. The fourth-order valence-corrected chi connectivity index (χ4v) is 5.96. The molecule has 0 radical (unpaired) electrons. The smallest absolute Gasteiger partial charge is 0.223 e. The summed E-state index contributed by atoms with van der Waals surface area (Å²) in [5.74, 6) is 1.99. The van der Waals surface area contributed by atoms with Crippen LogP contribution in [0, 0.1) is 0 Å². The molecule has 0 N–H and O–H groups in total. The minimum absolute atomic E-state index is 0.222. The number of aromatic nitrogens is 2. The van der Waals surface area contributed by atoms with Gasteiger partial charge >= 0.3 is 0 Å². The van der Waals surface area contributed by atoms with Crippen molar-refractivity contribution in [1.82, 2.24) is 14.5 Å². The highest BCUT2D eigenvalue weighted by atomic mass is 35.5. The summed E-state index contributed by atoms with van der Waals surface area (Å²) in [7, 11) is 0. The van der Waals surface area contributed by atoms with E-state index < -0.39 is 5.54 Å². The van der Waals surface area contributed by atoms with Gasteiger partial charge in [0.1, 0.15) is 11.6 Å². The van der Waals surface area contributed by atoms with Gasteiger partial charge in [0.15, 0.2) is 0 Å². The molecular weight excluding hydrogens is 446 g/mol. The van der Waals surface area contributed by atoms with Crippen LogP contribution in [0.5, 0.6) is 5.75 Å². The third-order valence-corrected chi connectivity index (χ3v) is 7.72. The molecule has 1 fully saturated rings. The number of rotatable bonds is 7. The van der Waals surface area contributed by atoms with Gasteiger partial charge in [0.05, 0.1) is 12.1 Å². The lowest BCUT2D eigenvalue weighted by Crippen LogP contribution is -2.40. The third kappa shape index (κ3) is 3.70. The van der Waals surface area contributed by atoms with Gasteiger partial charge in [0.2, 0.25) is 5.91 Å². The summed E-state index contributed by atoms with van der Waals surface area (Å²) in [6, 6.07) is 14.9. The molecule has 178 valence electrons. The molecule has 6 heteroatoms. The van der Waals surface area contributed by atoms with E-state index in [1.54, 1.807) is 0 Å². The molecule has 5 nitrogen and oxygen atoms in total. The van der Waals surface area contributed by atoms with Crippen LogP contribution in [-0.4, -0.2) is 39.0 Å². The van der Waals surface area contributed by atoms with Gasteiger partial charge in [-0.2, -0.15) is 0 Å². The minimum Gasteiger partial charge on any atom is -0.494 e. The van der Waals surface area contributed by atoms with Gasteiger partial charge in [0, 0.05) is 41.5 Å². The Labute approximate surface area is 206 Å². The van der Waals surface area contributed by atoms with E-state index >= 15 is 0 Å². The Morgan fingerprint density at radius 2 is 1.88 bits per heavy atom. The quantitative estimate of drug-likeness (QED) is 0.402. The maximum Gasteiger partial charge on any atom is 0.223 e. The number of likely N-dealkylation sites (tertiary alicyclic amines) is 1. The predicted molar refractivity (Wildman–Crippen MR) is 135 cm³/mol. The fraction of sp³-hybridized carbons (Fsp3) is 0.429. The minimum atomic E-state index is -0.556. The number of halogens is 1. The van der Waals surface area contributed by atoms with Gasteiger partial charge in [-0.15, -0.1) is 0 Å². The number of hydrogen-bond acceptors (Lipinski definition) is 3. The van der Waals surface area contributed by atoms with Crippen LogP contribution in [0.1, 0.15) is 64.0 Å². The summed E-state index contributed by atoms with van der Waals surface area (Å²) in [6.07, 6.45) is 8.05. The Bertz CT molecular complexity index is 1180. The van der Waals surface area contributed by atoms with Gasteiger partial charge < -0.3 is 14.2 Å². The molecule has 2 aromatic carbocycles. The third-order valence-electron chi connectivity index (χ3n) is 7.46. The van der Waals surface area contributed by atoms with Crippen LogP contribution < -0.4 is 4.74 Å². The average Bonchev–Trinajstić information content (AvgIpc) is 3.51. The molecule has 0 bridgehead atoms. The van der Waals surface area contributed by atoms with Crippen LogP contribution in [0.25, 0.3) is 11.4 Å². The van der Waals surface area contributed by atoms with Gasteiger partial charge in [-0.1, -0.05) is 30.7 Å². The van der Waals surface area contributed by atoms with Crippen molar-refractivity contribution in [2.45, 2.75) is 70.5 Å². The van der Waals surface area contributed by atoms with Crippen LogP contribution >= 0.6 is 11.6 Å². The lowest BCUT2D eigenvalue weighted by atomic mass is 9.79. The number of amides is 1. The Balaban J connectivity index is 1.60. The molecule has 2 aliphatic rings. The van der Waals surface area contributed by atoms with Gasteiger partial charge in [-0.3, -0.25) is 4.79 Å². The molecule has 1 aromatic heterocycles. The fourth-order valence-electron chi connectivity index (χ4n) is 5.83. The Kier molecular flexibility index (Phi) is 6.15. The molecule has 1 amide bonds. The molecule has 0 spiro atoms. The van der Waals surface area contributed by atoms with Gasteiger partial charge in [-0.25, -0.2) is 4.98 Å². The number of imidazole rings is 1. The highest BCUT2D eigenvalue weighted by Crippen LogP contribution is 2.51. The molecule has 0 aliphatic carbocycles. The van der Waals surface area contributed by atoms with Crippen LogP contribution in [0.3, 0.4) is 0 Å². The summed E-state index contributed by atoms with van der Waals surface area (Å²) < 4.78 is 8.24. The van der Waals surface area contributed by atoms with Gasteiger partial charge in [0.25, 0.3) is 0 Å². The van der Waals surface area contributed by atoms with Crippen molar-refractivity contribution in [3.63, 3.8) is 0 Å². The molecule has 34 heavy (non-hydrogen) atoms. The summed E-state index contributed by atoms with van der Waals surface area (Å²) in [5.41, 5.74) is 2.75. The Hall–Kier alpha value is -2.79. The van der Waals surface area contributed by atoms with Crippen molar-refractivity contribution < 1.29 is 9.53 Å². The number of benzene rings is 2. The topological polar surface area (TPSA) is 47.4 Å². The molecule has 3 heterocycles. The van der Waals surface area contributed by atoms with E-state index in [9.17, 15) is 4.79 Å². The molecule has 0 saturated carbocycles. The Morgan fingerprint density at radius 3 is 2.59 bits per heavy atom. The van der Waals surface area contributed by atoms with Crippen LogP contribution in [0.15, 0.2) is 54.9 Å². The van der Waals surface area contributed by atoms with Crippen LogP contribution in [0.4, 0.5) is 0 Å². The highest BCUT2D eigenvalue weighted by molar-refractivity contribution is 6.30. The normalized spacial score (nSPS) is 23.1.